The van der Waals surface area contributed by atoms with Crippen molar-refractivity contribution in [3.05, 3.63) is 69.0 Å². The van der Waals surface area contributed by atoms with Gasteiger partial charge in [-0.25, -0.2) is 0 Å². The summed E-state index contributed by atoms with van der Waals surface area (Å²) in [5.41, 5.74) is 2.37. The molecule has 1 amide bonds. The molecule has 152 valence electrons. The minimum atomic E-state index is 0.0235. The number of nitrogens with one attached hydrogen (secondary N) is 1. The van der Waals surface area contributed by atoms with Gasteiger partial charge in [-0.3, -0.25) is 9.69 Å². The van der Waals surface area contributed by atoms with Crippen molar-refractivity contribution in [1.82, 2.24) is 10.2 Å². The molecule has 2 aromatic heterocycles. The summed E-state index contributed by atoms with van der Waals surface area (Å²) in [4.78, 5) is 17.6. The van der Waals surface area contributed by atoms with Crippen molar-refractivity contribution in [2.45, 2.75) is 6.61 Å². The molecule has 1 aromatic carbocycles. The lowest BCUT2D eigenvalue weighted by molar-refractivity contribution is 0.0952. The second-order valence-electron chi connectivity index (χ2n) is 6.95. The highest BCUT2D eigenvalue weighted by atomic mass is 32.1. The molecular formula is C22H25N3O2S2. The molecule has 0 aliphatic carbocycles. The third-order valence-electron chi connectivity index (χ3n) is 5.01. The summed E-state index contributed by atoms with van der Waals surface area (Å²) in [5.74, 6) is 0.964. The smallest absolute Gasteiger partial charge is 0.261 e. The fourth-order valence-electron chi connectivity index (χ4n) is 3.41. The first kappa shape index (κ1) is 19.9. The van der Waals surface area contributed by atoms with Crippen LogP contribution in [0.2, 0.25) is 0 Å². The molecule has 5 nitrogen and oxygen atoms in total. The van der Waals surface area contributed by atoms with Crippen molar-refractivity contribution in [3.8, 4) is 5.75 Å². The number of carbonyl (C=O) groups excluding carboxylic acids is 1. The summed E-state index contributed by atoms with van der Waals surface area (Å²) in [7, 11) is 0. The van der Waals surface area contributed by atoms with Crippen molar-refractivity contribution in [2.75, 3.05) is 44.2 Å². The summed E-state index contributed by atoms with van der Waals surface area (Å²) >= 11 is 3.17. The summed E-state index contributed by atoms with van der Waals surface area (Å²) in [6.45, 7) is 6.03. The number of anilines is 1. The number of benzene rings is 1. The Bertz CT molecular complexity index is 889. The molecule has 3 heterocycles. The van der Waals surface area contributed by atoms with E-state index in [4.69, 9.17) is 4.74 Å². The molecular weight excluding hydrogens is 402 g/mol. The van der Waals surface area contributed by atoms with Crippen molar-refractivity contribution >= 4 is 34.3 Å². The van der Waals surface area contributed by atoms with E-state index >= 15 is 0 Å². The maximum Gasteiger partial charge on any atom is 0.261 e. The molecule has 1 aliphatic heterocycles. The Labute approximate surface area is 179 Å². The van der Waals surface area contributed by atoms with Gasteiger partial charge in [-0.05, 0) is 46.0 Å². The van der Waals surface area contributed by atoms with Crippen molar-refractivity contribution in [3.63, 3.8) is 0 Å². The third-order valence-corrected chi connectivity index (χ3v) is 6.61. The molecule has 0 saturated carbocycles. The van der Waals surface area contributed by atoms with Crippen molar-refractivity contribution < 1.29 is 9.53 Å². The Kier molecular flexibility index (Phi) is 6.82. The molecule has 0 spiro atoms. The van der Waals surface area contributed by atoms with Gasteiger partial charge < -0.3 is 15.0 Å². The van der Waals surface area contributed by atoms with Crippen LogP contribution in [0.4, 0.5) is 5.69 Å². The van der Waals surface area contributed by atoms with Gasteiger partial charge in [-0.2, -0.15) is 11.3 Å². The second kappa shape index (κ2) is 9.91. The molecule has 7 heteroatoms. The van der Waals surface area contributed by atoms with Crippen molar-refractivity contribution in [1.29, 1.82) is 0 Å². The molecule has 1 N–H and O–H groups in total. The van der Waals surface area contributed by atoms with Gasteiger partial charge in [-0.15, -0.1) is 11.3 Å². The lowest BCUT2D eigenvalue weighted by atomic mass is 10.2. The molecule has 4 rings (SSSR count). The second-order valence-corrected chi connectivity index (χ2v) is 8.68. The van der Waals surface area contributed by atoms with Gasteiger partial charge in [0.15, 0.2) is 0 Å². The standard InChI is InChI=1S/C22H25N3O2S2/c26-22(21-6-3-14-29-21)23-8-9-24-10-12-25(13-11-24)19-4-1-2-5-20(19)27-16-18-7-15-28-17-18/h1-7,14-15,17H,8-13,16H2,(H,23,26). The summed E-state index contributed by atoms with van der Waals surface area (Å²) in [5, 5.41) is 9.14. The van der Waals surface area contributed by atoms with Crippen LogP contribution in [0.25, 0.3) is 0 Å². The minimum Gasteiger partial charge on any atom is -0.487 e. The zero-order valence-corrected chi connectivity index (χ0v) is 17.9. The van der Waals surface area contributed by atoms with Gasteiger partial charge >= 0.3 is 0 Å². The number of nitrogens with zero attached hydrogens (tertiary/aromatic N) is 2. The number of piperazine rings is 1. The van der Waals surface area contributed by atoms with Crippen LogP contribution in [0.3, 0.4) is 0 Å². The van der Waals surface area contributed by atoms with E-state index in [2.05, 4.69) is 44.1 Å². The van der Waals surface area contributed by atoms with E-state index in [1.807, 2.05) is 29.6 Å². The zero-order chi connectivity index (χ0) is 19.9. The number of para-hydroxylation sites is 2. The minimum absolute atomic E-state index is 0.0235. The van der Waals surface area contributed by atoms with Crippen LogP contribution in [0, 0.1) is 0 Å². The van der Waals surface area contributed by atoms with E-state index in [9.17, 15) is 4.79 Å². The Balaban J connectivity index is 1.24. The molecule has 0 bridgehead atoms. The quantitative estimate of drug-likeness (QED) is 0.591. The molecule has 29 heavy (non-hydrogen) atoms. The summed E-state index contributed by atoms with van der Waals surface area (Å²) in [6, 6.07) is 14.1. The highest BCUT2D eigenvalue weighted by Crippen LogP contribution is 2.29. The first-order chi connectivity index (χ1) is 14.3. The van der Waals surface area contributed by atoms with Gasteiger partial charge in [0.2, 0.25) is 0 Å². The van der Waals surface area contributed by atoms with E-state index in [-0.39, 0.29) is 5.91 Å². The van der Waals surface area contributed by atoms with Gasteiger partial charge in [-0.1, -0.05) is 18.2 Å². The van der Waals surface area contributed by atoms with Crippen LogP contribution >= 0.6 is 22.7 Å². The maximum absolute atomic E-state index is 12.0. The number of hydrogen-bond donors (Lipinski definition) is 1. The summed E-state index contributed by atoms with van der Waals surface area (Å²) in [6.07, 6.45) is 0. The van der Waals surface area contributed by atoms with E-state index in [0.29, 0.717) is 13.2 Å². The SMILES string of the molecule is O=C(NCCN1CCN(c2ccccc2OCc2ccsc2)CC1)c1cccs1. The molecule has 0 unspecified atom stereocenters. The van der Waals surface area contributed by atoms with Gasteiger partial charge in [0, 0.05) is 39.3 Å². The van der Waals surface area contributed by atoms with Gasteiger partial charge in [0.25, 0.3) is 5.91 Å². The van der Waals surface area contributed by atoms with E-state index in [1.165, 1.54) is 16.9 Å². The molecule has 1 aliphatic rings. The molecule has 1 saturated heterocycles. The molecule has 0 atom stereocenters. The van der Waals surface area contributed by atoms with Crippen LogP contribution < -0.4 is 15.0 Å². The van der Waals surface area contributed by atoms with Crippen LogP contribution in [0.5, 0.6) is 5.75 Å². The lowest BCUT2D eigenvalue weighted by Gasteiger charge is -2.36. The van der Waals surface area contributed by atoms with Crippen molar-refractivity contribution in [2.24, 2.45) is 0 Å². The number of amides is 1. The largest absolute Gasteiger partial charge is 0.487 e. The monoisotopic (exact) mass is 427 g/mol. The molecule has 3 aromatic rings. The average Bonchev–Trinajstić information content (AvgIpc) is 3.47. The zero-order valence-electron chi connectivity index (χ0n) is 16.3. The maximum atomic E-state index is 12.0. The van der Waals surface area contributed by atoms with E-state index < -0.39 is 0 Å². The highest BCUT2D eigenvalue weighted by molar-refractivity contribution is 7.12. The number of carbonyl (C=O) groups is 1. The Morgan fingerprint density at radius 3 is 2.66 bits per heavy atom. The average molecular weight is 428 g/mol. The highest BCUT2D eigenvalue weighted by Gasteiger charge is 2.19. The first-order valence-corrected chi connectivity index (χ1v) is 11.6. The van der Waals surface area contributed by atoms with Gasteiger partial charge in [0.1, 0.15) is 12.4 Å². The first-order valence-electron chi connectivity index (χ1n) is 9.81. The van der Waals surface area contributed by atoms with Crippen LogP contribution in [0.15, 0.2) is 58.6 Å². The van der Waals surface area contributed by atoms with Crippen LogP contribution in [-0.2, 0) is 6.61 Å². The van der Waals surface area contributed by atoms with E-state index in [1.54, 1.807) is 11.3 Å². The predicted octanol–water partition coefficient (Wildman–Crippen LogP) is 3.94. The fourth-order valence-corrected chi connectivity index (χ4v) is 4.70. The Hall–Kier alpha value is -2.35. The lowest BCUT2D eigenvalue weighted by Crippen LogP contribution is -2.48. The normalized spacial score (nSPS) is 14.7. The predicted molar refractivity (Wildman–Crippen MR) is 120 cm³/mol. The number of hydrogen-bond acceptors (Lipinski definition) is 6. The number of thiophene rings is 2. The Morgan fingerprint density at radius 1 is 1.03 bits per heavy atom. The van der Waals surface area contributed by atoms with Crippen LogP contribution in [0.1, 0.15) is 15.2 Å². The molecule has 0 radical (unpaired) electrons. The van der Waals surface area contributed by atoms with Gasteiger partial charge in [0.05, 0.1) is 10.6 Å². The summed E-state index contributed by atoms with van der Waals surface area (Å²) < 4.78 is 6.09. The topological polar surface area (TPSA) is 44.8 Å². The third kappa shape index (κ3) is 5.38. The molecule has 1 fully saturated rings. The van der Waals surface area contributed by atoms with Crippen LogP contribution in [-0.4, -0.2) is 50.1 Å². The van der Waals surface area contributed by atoms with E-state index in [0.717, 1.165) is 49.0 Å². The fraction of sp³-hybridized carbons (Fsp3) is 0.318. The Morgan fingerprint density at radius 2 is 1.90 bits per heavy atom. The number of rotatable bonds is 8. The number of ether oxygens (including phenoxy) is 1.